The van der Waals surface area contributed by atoms with Gasteiger partial charge in [-0.05, 0) is 54.8 Å². The van der Waals surface area contributed by atoms with Gasteiger partial charge < -0.3 is 35.6 Å². The van der Waals surface area contributed by atoms with Crippen LogP contribution in [-0.4, -0.2) is 71.8 Å². The first kappa shape index (κ1) is 34.0. The molecular weight excluding hydrogens is 627 g/mol. The molecule has 0 fully saturated rings. The fourth-order valence-corrected chi connectivity index (χ4v) is 5.48. The number of alkyl halides is 3. The molecule has 0 radical (unpaired) electrons. The molecule has 0 bridgehead atoms. The molecule has 4 aromatic rings. The van der Waals surface area contributed by atoms with Crippen molar-refractivity contribution in [3.8, 4) is 5.75 Å². The summed E-state index contributed by atoms with van der Waals surface area (Å²) in [5.74, 6) is -0.705. The van der Waals surface area contributed by atoms with Crippen molar-refractivity contribution in [2.24, 2.45) is 5.92 Å². The number of aliphatic hydroxyl groups excluding tert-OH is 1. The van der Waals surface area contributed by atoms with Crippen molar-refractivity contribution in [3.63, 3.8) is 0 Å². The molecule has 1 heterocycles. The Bertz CT molecular complexity index is 1790. The van der Waals surface area contributed by atoms with E-state index in [-0.39, 0.29) is 54.3 Å². The van der Waals surface area contributed by atoms with Crippen LogP contribution in [-0.2, 0) is 6.18 Å². The molecule has 5 rings (SSSR count). The van der Waals surface area contributed by atoms with E-state index in [0.717, 1.165) is 35.0 Å². The van der Waals surface area contributed by atoms with Crippen LogP contribution < -0.4 is 20.7 Å². The number of hydrogen-bond acceptors (Lipinski definition) is 5. The lowest BCUT2D eigenvalue weighted by molar-refractivity contribution is -0.137. The monoisotopic (exact) mass is 663 g/mol. The van der Waals surface area contributed by atoms with E-state index in [2.05, 4.69) is 16.0 Å². The Morgan fingerprint density at radius 2 is 1.62 bits per heavy atom. The number of amides is 5. The molecule has 0 saturated heterocycles. The van der Waals surface area contributed by atoms with E-state index < -0.39 is 35.8 Å². The van der Waals surface area contributed by atoms with Gasteiger partial charge in [0.2, 0.25) is 0 Å². The molecule has 1 aliphatic heterocycles. The lowest BCUT2D eigenvalue weighted by atomic mass is 9.99. The average Bonchev–Trinajstić information content (AvgIpc) is 3.06. The van der Waals surface area contributed by atoms with Crippen LogP contribution >= 0.6 is 0 Å². The molecule has 0 aromatic heterocycles. The minimum Gasteiger partial charge on any atom is -0.485 e. The average molecular weight is 664 g/mol. The fourth-order valence-electron chi connectivity index (χ4n) is 5.48. The standard InChI is InChI=1S/C35H36F3N5O5/c1-21-18-43(22(2)20-44)32(45)27-11-7-13-29(40-33(46)39-25-16-14-24(15-17-25)35(36,37)38)31(27)48-30(21)19-42(3)34(47)41-28-12-6-9-23-8-4-5-10-26(23)28/h4-17,21-22,30,44H,18-20H2,1-3H3,(H,41,47)(H2,39,40,46)/t21-,22+,30+/m0/s1. The summed E-state index contributed by atoms with van der Waals surface area (Å²) in [5, 5.41) is 19.9. The van der Waals surface area contributed by atoms with Crippen molar-refractivity contribution in [1.82, 2.24) is 9.80 Å². The third kappa shape index (κ3) is 7.63. The zero-order chi connectivity index (χ0) is 34.6. The van der Waals surface area contributed by atoms with Gasteiger partial charge in [0.1, 0.15) is 6.10 Å². The summed E-state index contributed by atoms with van der Waals surface area (Å²) in [5.41, 5.74) is 0.152. The predicted octanol–water partition coefficient (Wildman–Crippen LogP) is 6.89. The Kier molecular flexibility index (Phi) is 10.1. The molecule has 48 heavy (non-hydrogen) atoms. The molecular formula is C35H36F3N5O5. The number of anilines is 3. The maximum atomic E-state index is 13.8. The van der Waals surface area contributed by atoms with Gasteiger partial charge in [-0.1, -0.05) is 49.4 Å². The molecule has 13 heteroatoms. The van der Waals surface area contributed by atoms with Crippen LogP contribution in [0.4, 0.5) is 39.8 Å². The third-order valence-electron chi connectivity index (χ3n) is 8.24. The Hall–Kier alpha value is -5.30. The molecule has 252 valence electrons. The van der Waals surface area contributed by atoms with Gasteiger partial charge in [-0.2, -0.15) is 13.2 Å². The van der Waals surface area contributed by atoms with Gasteiger partial charge in [-0.15, -0.1) is 0 Å². The van der Waals surface area contributed by atoms with Gasteiger partial charge in [-0.3, -0.25) is 4.79 Å². The van der Waals surface area contributed by atoms with E-state index in [1.54, 1.807) is 20.0 Å². The SMILES string of the molecule is C[C@H](CO)N1C[C@H](C)[C@@H](CN(C)C(=O)Nc2cccc3ccccc23)Oc2c(NC(=O)Nc3ccc(C(F)(F)F)cc3)cccc2C1=O. The lowest BCUT2D eigenvalue weighted by Crippen LogP contribution is -2.50. The largest absolute Gasteiger partial charge is 0.485 e. The van der Waals surface area contributed by atoms with E-state index in [1.165, 1.54) is 21.9 Å². The van der Waals surface area contributed by atoms with Crippen molar-refractivity contribution in [3.05, 3.63) is 96.1 Å². The molecule has 0 saturated carbocycles. The Morgan fingerprint density at radius 1 is 0.958 bits per heavy atom. The maximum Gasteiger partial charge on any atom is 0.416 e. The zero-order valence-electron chi connectivity index (χ0n) is 26.5. The van der Waals surface area contributed by atoms with Crippen molar-refractivity contribution in [2.45, 2.75) is 32.2 Å². The van der Waals surface area contributed by atoms with Gasteiger partial charge in [0.05, 0.1) is 41.7 Å². The number of aliphatic hydroxyl groups is 1. The number of benzene rings is 4. The molecule has 0 spiro atoms. The molecule has 4 N–H and O–H groups in total. The first-order valence-corrected chi connectivity index (χ1v) is 15.3. The smallest absolute Gasteiger partial charge is 0.416 e. The van der Waals surface area contributed by atoms with Crippen LogP contribution in [0.25, 0.3) is 10.8 Å². The predicted molar refractivity (Wildman–Crippen MR) is 177 cm³/mol. The van der Waals surface area contributed by atoms with E-state index in [4.69, 9.17) is 4.74 Å². The highest BCUT2D eigenvalue weighted by molar-refractivity contribution is 6.04. The lowest BCUT2D eigenvalue weighted by Gasteiger charge is -2.38. The summed E-state index contributed by atoms with van der Waals surface area (Å²) in [6.07, 6.45) is -5.19. The third-order valence-corrected chi connectivity index (χ3v) is 8.24. The van der Waals surface area contributed by atoms with E-state index in [1.807, 2.05) is 49.4 Å². The Morgan fingerprint density at radius 3 is 2.33 bits per heavy atom. The molecule has 0 aliphatic carbocycles. The van der Waals surface area contributed by atoms with Crippen LogP contribution in [0.1, 0.15) is 29.8 Å². The highest BCUT2D eigenvalue weighted by Gasteiger charge is 2.35. The number of rotatable bonds is 7. The number of urea groups is 2. The van der Waals surface area contributed by atoms with Gasteiger partial charge in [0, 0.05) is 30.6 Å². The quantitative estimate of drug-likeness (QED) is 0.172. The topological polar surface area (TPSA) is 123 Å². The van der Waals surface area contributed by atoms with Crippen LogP contribution in [0.3, 0.4) is 0 Å². The minimum atomic E-state index is -4.52. The molecule has 0 unspecified atom stereocenters. The number of carbonyl (C=O) groups excluding carboxylic acids is 3. The number of likely N-dealkylation sites (N-methyl/N-ethyl adjacent to an activating group) is 1. The number of fused-ring (bicyclic) bond motifs is 2. The first-order valence-electron chi connectivity index (χ1n) is 15.3. The van der Waals surface area contributed by atoms with Gasteiger partial charge in [0.25, 0.3) is 5.91 Å². The van der Waals surface area contributed by atoms with Crippen molar-refractivity contribution < 1.29 is 37.4 Å². The van der Waals surface area contributed by atoms with Crippen LogP contribution in [0, 0.1) is 5.92 Å². The summed E-state index contributed by atoms with van der Waals surface area (Å²) in [7, 11) is 1.62. The van der Waals surface area contributed by atoms with Crippen LogP contribution in [0.15, 0.2) is 84.9 Å². The summed E-state index contributed by atoms with van der Waals surface area (Å²) in [6, 6.07) is 20.2. The second-order valence-corrected chi connectivity index (χ2v) is 11.8. The Labute approximate surface area is 275 Å². The van der Waals surface area contributed by atoms with Crippen molar-refractivity contribution in [1.29, 1.82) is 0 Å². The van der Waals surface area contributed by atoms with Crippen molar-refractivity contribution >= 4 is 45.8 Å². The summed E-state index contributed by atoms with van der Waals surface area (Å²) in [6.45, 7) is 3.60. The molecule has 3 atom stereocenters. The van der Waals surface area contributed by atoms with Gasteiger partial charge >= 0.3 is 18.2 Å². The first-order chi connectivity index (χ1) is 22.8. The zero-order valence-corrected chi connectivity index (χ0v) is 26.5. The molecule has 4 aromatic carbocycles. The number of nitrogens with one attached hydrogen (secondary N) is 3. The van der Waals surface area contributed by atoms with Gasteiger partial charge in [-0.25, -0.2) is 9.59 Å². The molecule has 1 aliphatic rings. The highest BCUT2D eigenvalue weighted by atomic mass is 19.4. The summed E-state index contributed by atoms with van der Waals surface area (Å²) >= 11 is 0. The summed E-state index contributed by atoms with van der Waals surface area (Å²) in [4.78, 5) is 43.2. The van der Waals surface area contributed by atoms with E-state index in [0.29, 0.717) is 5.69 Å². The highest BCUT2D eigenvalue weighted by Crippen LogP contribution is 2.35. The minimum absolute atomic E-state index is 0.0552. The normalized spacial score (nSPS) is 17.0. The Balaban J connectivity index is 1.40. The summed E-state index contributed by atoms with van der Waals surface area (Å²) < 4.78 is 45.4. The van der Waals surface area contributed by atoms with E-state index >= 15 is 0 Å². The van der Waals surface area contributed by atoms with Crippen LogP contribution in [0.2, 0.25) is 0 Å². The fraction of sp³-hybridized carbons (Fsp3) is 0.286. The number of para-hydroxylation sites is 1. The number of hydrogen-bond donors (Lipinski definition) is 4. The number of halogens is 3. The second kappa shape index (κ2) is 14.2. The maximum absolute atomic E-state index is 13.8. The second-order valence-electron chi connectivity index (χ2n) is 11.8. The van der Waals surface area contributed by atoms with Gasteiger partial charge in [0.15, 0.2) is 5.75 Å². The molecule has 10 nitrogen and oxygen atoms in total. The molecule has 5 amide bonds. The number of nitrogens with zero attached hydrogens (tertiary/aromatic N) is 2. The van der Waals surface area contributed by atoms with Crippen molar-refractivity contribution in [2.75, 3.05) is 42.7 Å². The van der Waals surface area contributed by atoms with E-state index in [9.17, 15) is 32.7 Å². The van der Waals surface area contributed by atoms with Crippen LogP contribution in [0.5, 0.6) is 5.75 Å². The number of carbonyl (C=O) groups is 3. The number of ether oxygens (including phenoxy) is 1.